The SMILES string of the molecule is COc1ccc(C(=O)OCc2nnc(C)o2)cc1S(=O)(=O)NC(C)(C)C. The van der Waals surface area contributed by atoms with Crippen molar-refractivity contribution in [1.29, 1.82) is 0 Å². The fourth-order valence-electron chi connectivity index (χ4n) is 2.08. The molecule has 0 fully saturated rings. The zero-order valence-corrected chi connectivity index (χ0v) is 16.0. The molecule has 0 radical (unpaired) electrons. The molecule has 0 spiro atoms. The Hall–Kier alpha value is -2.46. The van der Waals surface area contributed by atoms with E-state index < -0.39 is 21.5 Å². The summed E-state index contributed by atoms with van der Waals surface area (Å²) in [5, 5.41) is 7.34. The Balaban J connectivity index is 2.26. The van der Waals surface area contributed by atoms with Crippen molar-refractivity contribution in [2.24, 2.45) is 0 Å². The first-order valence-corrected chi connectivity index (χ1v) is 9.18. The van der Waals surface area contributed by atoms with E-state index in [-0.39, 0.29) is 28.7 Å². The van der Waals surface area contributed by atoms with Crippen LogP contribution in [0, 0.1) is 6.92 Å². The van der Waals surface area contributed by atoms with Gasteiger partial charge in [0.25, 0.3) is 5.89 Å². The lowest BCUT2D eigenvalue weighted by Gasteiger charge is -2.21. The van der Waals surface area contributed by atoms with Gasteiger partial charge in [-0.3, -0.25) is 0 Å². The quantitative estimate of drug-likeness (QED) is 0.750. The van der Waals surface area contributed by atoms with Crippen LogP contribution in [0.25, 0.3) is 0 Å². The molecule has 0 atom stereocenters. The molecule has 10 heteroatoms. The van der Waals surface area contributed by atoms with Crippen LogP contribution in [0.3, 0.4) is 0 Å². The first kappa shape index (κ1) is 19.9. The summed E-state index contributed by atoms with van der Waals surface area (Å²) in [5.41, 5.74) is -0.646. The number of ether oxygens (including phenoxy) is 2. The molecule has 1 aromatic heterocycles. The topological polar surface area (TPSA) is 121 Å². The molecule has 9 nitrogen and oxygen atoms in total. The molecule has 2 aromatic rings. The van der Waals surface area contributed by atoms with Crippen LogP contribution in [0.4, 0.5) is 0 Å². The Morgan fingerprint density at radius 2 is 1.96 bits per heavy atom. The molecule has 0 saturated carbocycles. The summed E-state index contributed by atoms with van der Waals surface area (Å²) in [7, 11) is -2.56. The number of aryl methyl sites for hydroxylation is 1. The molecule has 0 bridgehead atoms. The zero-order valence-electron chi connectivity index (χ0n) is 15.2. The number of hydrogen-bond acceptors (Lipinski definition) is 8. The van der Waals surface area contributed by atoms with Crippen LogP contribution in [0.1, 0.15) is 42.9 Å². The maximum absolute atomic E-state index is 12.6. The minimum absolute atomic E-state index is 0.0521. The number of nitrogens with zero attached hydrogens (tertiary/aromatic N) is 2. The number of nitrogens with one attached hydrogen (secondary N) is 1. The Morgan fingerprint density at radius 1 is 1.27 bits per heavy atom. The molecule has 0 aliphatic carbocycles. The van der Waals surface area contributed by atoms with Gasteiger partial charge in [-0.25, -0.2) is 17.9 Å². The van der Waals surface area contributed by atoms with Crippen molar-refractivity contribution in [1.82, 2.24) is 14.9 Å². The van der Waals surface area contributed by atoms with E-state index in [0.717, 1.165) is 0 Å². The highest BCUT2D eigenvalue weighted by atomic mass is 32.2. The van der Waals surface area contributed by atoms with Gasteiger partial charge in [-0.2, -0.15) is 0 Å². The fourth-order valence-corrected chi connectivity index (χ4v) is 3.69. The average molecular weight is 383 g/mol. The number of methoxy groups -OCH3 is 1. The van der Waals surface area contributed by atoms with E-state index in [0.29, 0.717) is 5.89 Å². The predicted molar refractivity (Wildman–Crippen MR) is 91.2 cm³/mol. The number of carbonyl (C=O) groups excluding carboxylic acids is 1. The predicted octanol–water partition coefficient (Wildman–Crippen LogP) is 1.82. The van der Waals surface area contributed by atoms with Gasteiger partial charge >= 0.3 is 5.97 Å². The number of rotatable bonds is 6. The number of esters is 1. The first-order chi connectivity index (χ1) is 12.0. The van der Waals surface area contributed by atoms with Crippen LogP contribution >= 0.6 is 0 Å². The second kappa shape index (κ2) is 7.42. The largest absolute Gasteiger partial charge is 0.495 e. The second-order valence-corrected chi connectivity index (χ2v) is 8.16. The van der Waals surface area contributed by atoms with Crippen molar-refractivity contribution in [3.8, 4) is 5.75 Å². The average Bonchev–Trinajstić information content (AvgIpc) is 2.95. The number of hydrogen-bond donors (Lipinski definition) is 1. The van der Waals surface area contributed by atoms with Gasteiger partial charge in [-0.1, -0.05) is 0 Å². The fraction of sp³-hybridized carbons (Fsp3) is 0.438. The number of aromatic nitrogens is 2. The van der Waals surface area contributed by atoms with E-state index in [4.69, 9.17) is 13.9 Å². The highest BCUT2D eigenvalue weighted by Gasteiger charge is 2.26. The van der Waals surface area contributed by atoms with E-state index in [1.165, 1.54) is 25.3 Å². The molecule has 0 amide bonds. The maximum atomic E-state index is 12.6. The van der Waals surface area contributed by atoms with E-state index in [1.807, 2.05) is 0 Å². The normalized spacial score (nSPS) is 12.0. The molecule has 1 aromatic carbocycles. The molecule has 0 saturated heterocycles. The van der Waals surface area contributed by atoms with Gasteiger partial charge in [0.2, 0.25) is 15.9 Å². The van der Waals surface area contributed by atoms with E-state index >= 15 is 0 Å². The van der Waals surface area contributed by atoms with Gasteiger partial charge in [-0.05, 0) is 39.0 Å². The number of sulfonamides is 1. The Labute approximate surface area is 151 Å². The van der Waals surface area contributed by atoms with Crippen molar-refractivity contribution in [2.75, 3.05) is 7.11 Å². The summed E-state index contributed by atoms with van der Waals surface area (Å²) in [6, 6.07) is 4.01. The smallest absolute Gasteiger partial charge is 0.338 e. The Kier molecular flexibility index (Phi) is 5.67. The van der Waals surface area contributed by atoms with E-state index in [1.54, 1.807) is 27.7 Å². The summed E-state index contributed by atoms with van der Waals surface area (Å²) in [6.45, 7) is 6.53. The first-order valence-electron chi connectivity index (χ1n) is 7.70. The maximum Gasteiger partial charge on any atom is 0.338 e. The lowest BCUT2D eigenvalue weighted by Crippen LogP contribution is -2.40. The zero-order chi connectivity index (χ0) is 19.5. The summed E-state index contributed by atoms with van der Waals surface area (Å²) in [6.07, 6.45) is 0. The van der Waals surface area contributed by atoms with E-state index in [2.05, 4.69) is 14.9 Å². The van der Waals surface area contributed by atoms with Crippen molar-refractivity contribution < 1.29 is 27.1 Å². The molecule has 0 aliphatic rings. The minimum atomic E-state index is -3.90. The molecule has 1 heterocycles. The number of carbonyl (C=O) groups is 1. The van der Waals surface area contributed by atoms with Gasteiger partial charge in [0, 0.05) is 12.5 Å². The third-order valence-corrected chi connectivity index (χ3v) is 4.80. The van der Waals surface area contributed by atoms with Crippen LogP contribution in [0.2, 0.25) is 0 Å². The number of benzene rings is 1. The summed E-state index contributed by atoms with van der Waals surface area (Å²) < 4.78 is 43.0. The minimum Gasteiger partial charge on any atom is -0.495 e. The summed E-state index contributed by atoms with van der Waals surface area (Å²) in [5.74, 6) is -0.115. The standard InChI is InChI=1S/C16H21N3O6S/c1-10-17-18-14(25-10)9-24-15(20)11-6-7-12(23-5)13(8-11)26(21,22)19-16(2,3)4/h6-8,19H,9H2,1-5H3. The van der Waals surface area contributed by atoms with Crippen LogP contribution in [0.15, 0.2) is 27.5 Å². The molecule has 26 heavy (non-hydrogen) atoms. The molecular formula is C16H21N3O6S. The van der Waals surface area contributed by atoms with Gasteiger partial charge in [0.1, 0.15) is 10.6 Å². The third kappa shape index (κ3) is 5.02. The molecule has 1 N–H and O–H groups in total. The lowest BCUT2D eigenvalue weighted by atomic mass is 10.1. The van der Waals surface area contributed by atoms with Crippen LogP contribution in [0.5, 0.6) is 5.75 Å². The van der Waals surface area contributed by atoms with Gasteiger partial charge in [0.15, 0.2) is 6.61 Å². The van der Waals surface area contributed by atoms with Crippen molar-refractivity contribution in [3.63, 3.8) is 0 Å². The van der Waals surface area contributed by atoms with Crippen molar-refractivity contribution >= 4 is 16.0 Å². The molecule has 142 valence electrons. The van der Waals surface area contributed by atoms with Gasteiger partial charge in [-0.15, -0.1) is 10.2 Å². The highest BCUT2D eigenvalue weighted by molar-refractivity contribution is 7.89. The van der Waals surface area contributed by atoms with Crippen molar-refractivity contribution in [2.45, 2.75) is 44.7 Å². The van der Waals surface area contributed by atoms with Gasteiger partial charge in [0.05, 0.1) is 12.7 Å². The van der Waals surface area contributed by atoms with Crippen LogP contribution < -0.4 is 9.46 Å². The summed E-state index contributed by atoms with van der Waals surface area (Å²) >= 11 is 0. The highest BCUT2D eigenvalue weighted by Crippen LogP contribution is 2.26. The molecular weight excluding hydrogens is 362 g/mol. The second-order valence-electron chi connectivity index (χ2n) is 6.51. The molecule has 0 aliphatic heterocycles. The van der Waals surface area contributed by atoms with Crippen molar-refractivity contribution in [3.05, 3.63) is 35.5 Å². The monoisotopic (exact) mass is 383 g/mol. The lowest BCUT2D eigenvalue weighted by molar-refractivity contribution is 0.0436. The molecule has 2 rings (SSSR count). The Morgan fingerprint density at radius 3 is 2.50 bits per heavy atom. The summed E-state index contributed by atoms with van der Waals surface area (Å²) in [4.78, 5) is 12.1. The molecule has 0 unspecified atom stereocenters. The van der Waals surface area contributed by atoms with E-state index in [9.17, 15) is 13.2 Å². The van der Waals surface area contributed by atoms with Crippen LogP contribution in [-0.2, 0) is 21.4 Å². The van der Waals surface area contributed by atoms with Crippen LogP contribution in [-0.4, -0.2) is 37.2 Å². The Bertz CT molecular complexity index is 899. The third-order valence-electron chi connectivity index (χ3n) is 3.02. The van der Waals surface area contributed by atoms with Gasteiger partial charge < -0.3 is 13.9 Å².